The molecule has 0 aliphatic carbocycles. The van der Waals surface area contributed by atoms with Crippen molar-refractivity contribution in [3.8, 4) is 0 Å². The van der Waals surface area contributed by atoms with E-state index < -0.39 is 21.8 Å². The summed E-state index contributed by atoms with van der Waals surface area (Å²) in [6, 6.07) is 13.7. The maximum atomic E-state index is 12.6. The number of hydrogen-bond donors (Lipinski definition) is 1. The maximum Gasteiger partial charge on any atom is 0.356 e. The Bertz CT molecular complexity index is 884. The Labute approximate surface area is 140 Å². The topological polar surface area (TPSA) is 99.6 Å². The molecule has 2 aromatic rings. The number of benzene rings is 2. The zero-order valence-corrected chi connectivity index (χ0v) is 14.1. The largest absolute Gasteiger partial charge is 0.361 e. The predicted molar refractivity (Wildman–Crippen MR) is 90.0 cm³/mol. The molecule has 0 saturated heterocycles. The van der Waals surface area contributed by atoms with E-state index in [4.69, 9.17) is 5.53 Å². The van der Waals surface area contributed by atoms with Crippen LogP contribution in [0.5, 0.6) is 0 Å². The molecule has 2 rings (SSSR count). The Morgan fingerprint density at radius 2 is 1.67 bits per heavy atom. The van der Waals surface area contributed by atoms with Gasteiger partial charge >= 0.3 is 5.71 Å². The number of sulfonamides is 1. The molecule has 24 heavy (non-hydrogen) atoms. The van der Waals surface area contributed by atoms with Crippen LogP contribution in [0.15, 0.2) is 59.5 Å². The number of hydrogen-bond acceptors (Lipinski definition) is 3. The SMILES string of the molecule is CC(=O)C(=[N+]=[N-])C(NS(=O)(=O)c1ccc(C)cc1)c1ccccc1. The molecule has 0 aromatic heterocycles. The molecule has 0 saturated carbocycles. The molecular formula is C17H17N3O3S. The van der Waals surface area contributed by atoms with Gasteiger partial charge in [-0.05, 0) is 24.6 Å². The van der Waals surface area contributed by atoms with Gasteiger partial charge in [-0.2, -0.15) is 9.51 Å². The van der Waals surface area contributed by atoms with Crippen molar-refractivity contribution in [2.24, 2.45) is 0 Å². The fourth-order valence-corrected chi connectivity index (χ4v) is 3.39. The van der Waals surface area contributed by atoms with Gasteiger partial charge in [0.25, 0.3) is 0 Å². The summed E-state index contributed by atoms with van der Waals surface area (Å²) in [5.74, 6) is -0.530. The molecule has 1 N–H and O–H groups in total. The zero-order chi connectivity index (χ0) is 17.7. The third-order valence-corrected chi connectivity index (χ3v) is 4.92. The van der Waals surface area contributed by atoms with Crippen LogP contribution in [0.25, 0.3) is 5.53 Å². The van der Waals surface area contributed by atoms with Crippen molar-refractivity contribution in [3.05, 3.63) is 71.3 Å². The fraction of sp³-hybridized carbons (Fsp3) is 0.176. The summed E-state index contributed by atoms with van der Waals surface area (Å²) < 4.78 is 27.7. The number of nitrogens with zero attached hydrogens (tertiary/aromatic N) is 2. The second kappa shape index (κ2) is 7.31. The average molecular weight is 343 g/mol. The van der Waals surface area contributed by atoms with Crippen LogP contribution in [0.3, 0.4) is 0 Å². The Balaban J connectivity index is 2.47. The van der Waals surface area contributed by atoms with Gasteiger partial charge in [0, 0.05) is 6.92 Å². The van der Waals surface area contributed by atoms with E-state index in [-0.39, 0.29) is 10.6 Å². The van der Waals surface area contributed by atoms with Crippen LogP contribution >= 0.6 is 0 Å². The number of rotatable bonds is 6. The monoisotopic (exact) mass is 343 g/mol. The van der Waals surface area contributed by atoms with Crippen LogP contribution in [0.2, 0.25) is 0 Å². The highest BCUT2D eigenvalue weighted by atomic mass is 32.2. The summed E-state index contributed by atoms with van der Waals surface area (Å²) in [7, 11) is -3.91. The second-order valence-corrected chi connectivity index (χ2v) is 7.03. The van der Waals surface area contributed by atoms with Crippen molar-refractivity contribution in [1.29, 1.82) is 0 Å². The Morgan fingerprint density at radius 1 is 1.08 bits per heavy atom. The van der Waals surface area contributed by atoms with E-state index in [0.29, 0.717) is 5.56 Å². The lowest BCUT2D eigenvalue weighted by Crippen LogP contribution is -2.37. The standard InChI is InChI=1S/C17H17N3O3S/c1-12-8-10-15(11-9-12)24(22,23)20-17(16(19-18)13(2)21)14-6-4-3-5-7-14/h3-11,17,20H,1-2H3. The van der Waals surface area contributed by atoms with Crippen molar-refractivity contribution in [3.63, 3.8) is 0 Å². The Hall–Kier alpha value is -2.60. The van der Waals surface area contributed by atoms with Crippen LogP contribution in [-0.2, 0) is 14.8 Å². The normalized spacial score (nSPS) is 12.2. The van der Waals surface area contributed by atoms with E-state index in [9.17, 15) is 13.2 Å². The first-order chi connectivity index (χ1) is 11.3. The minimum absolute atomic E-state index is 0.0647. The number of aryl methyl sites for hydroxylation is 1. The van der Waals surface area contributed by atoms with Gasteiger partial charge in [-0.25, -0.2) is 8.42 Å². The molecule has 0 radical (unpaired) electrons. The van der Waals surface area contributed by atoms with Crippen molar-refractivity contribution in [2.75, 3.05) is 0 Å². The summed E-state index contributed by atoms with van der Waals surface area (Å²) in [6.45, 7) is 3.06. The molecule has 0 aliphatic heterocycles. The third-order valence-electron chi connectivity index (χ3n) is 3.48. The number of carbonyl (C=O) groups is 1. The molecule has 2 aromatic carbocycles. The van der Waals surface area contributed by atoms with E-state index in [1.54, 1.807) is 42.5 Å². The van der Waals surface area contributed by atoms with E-state index >= 15 is 0 Å². The van der Waals surface area contributed by atoms with Gasteiger partial charge in [0.05, 0.1) is 4.90 Å². The second-order valence-electron chi connectivity index (χ2n) is 5.32. The zero-order valence-electron chi connectivity index (χ0n) is 13.3. The maximum absolute atomic E-state index is 12.6. The summed E-state index contributed by atoms with van der Waals surface area (Å²) in [4.78, 5) is 14.8. The number of carbonyl (C=O) groups excluding carboxylic acids is 1. The van der Waals surface area contributed by atoms with Crippen LogP contribution in [0.4, 0.5) is 0 Å². The van der Waals surface area contributed by atoms with Crippen molar-refractivity contribution in [1.82, 2.24) is 4.72 Å². The minimum atomic E-state index is -3.91. The van der Waals surface area contributed by atoms with E-state index in [1.165, 1.54) is 19.1 Å². The number of Topliss-reactive ketones (excluding diaryl/α,β-unsaturated/α-hetero) is 1. The molecule has 0 amide bonds. The van der Waals surface area contributed by atoms with Gasteiger partial charge in [0.1, 0.15) is 0 Å². The quantitative estimate of drug-likeness (QED) is 0.495. The van der Waals surface area contributed by atoms with Crippen molar-refractivity contribution >= 4 is 21.5 Å². The molecule has 1 atom stereocenters. The van der Waals surface area contributed by atoms with E-state index in [1.807, 2.05) is 6.92 Å². The molecular weight excluding hydrogens is 326 g/mol. The summed E-state index contributed by atoms with van der Waals surface area (Å²) in [5.41, 5.74) is 10.3. The van der Waals surface area contributed by atoms with Gasteiger partial charge in [0.15, 0.2) is 6.04 Å². The highest BCUT2D eigenvalue weighted by Gasteiger charge is 2.33. The van der Waals surface area contributed by atoms with Gasteiger partial charge < -0.3 is 5.53 Å². The number of nitrogens with one attached hydrogen (secondary N) is 1. The van der Waals surface area contributed by atoms with Gasteiger partial charge in [-0.3, -0.25) is 4.79 Å². The van der Waals surface area contributed by atoms with Crippen LogP contribution in [0.1, 0.15) is 24.1 Å². The van der Waals surface area contributed by atoms with E-state index in [0.717, 1.165) is 5.56 Å². The molecule has 0 aliphatic rings. The smallest absolute Gasteiger partial charge is 0.356 e. The van der Waals surface area contributed by atoms with Crippen LogP contribution < -0.4 is 4.72 Å². The summed E-state index contributed by atoms with van der Waals surface area (Å²) >= 11 is 0. The molecule has 0 spiro atoms. The summed E-state index contributed by atoms with van der Waals surface area (Å²) in [6.07, 6.45) is 0. The predicted octanol–water partition coefficient (Wildman–Crippen LogP) is 2.27. The molecule has 0 bridgehead atoms. The first-order valence-electron chi connectivity index (χ1n) is 7.22. The fourth-order valence-electron chi connectivity index (χ4n) is 2.20. The molecule has 7 heteroatoms. The Kier molecular flexibility index (Phi) is 5.41. The number of ketones is 1. The first kappa shape index (κ1) is 17.7. The van der Waals surface area contributed by atoms with Gasteiger partial charge in [-0.15, -0.1) is 0 Å². The van der Waals surface area contributed by atoms with Gasteiger partial charge in [0.2, 0.25) is 15.8 Å². The lowest BCUT2D eigenvalue weighted by molar-refractivity contribution is -0.115. The highest BCUT2D eigenvalue weighted by molar-refractivity contribution is 7.89. The van der Waals surface area contributed by atoms with Crippen LogP contribution in [0, 0.1) is 6.92 Å². The highest BCUT2D eigenvalue weighted by Crippen LogP contribution is 2.19. The van der Waals surface area contributed by atoms with E-state index in [2.05, 4.69) is 9.51 Å². The minimum Gasteiger partial charge on any atom is -0.361 e. The third kappa shape index (κ3) is 4.02. The molecule has 1 unspecified atom stereocenters. The lowest BCUT2D eigenvalue weighted by atomic mass is 10.0. The van der Waals surface area contributed by atoms with Gasteiger partial charge in [-0.1, -0.05) is 48.0 Å². The molecule has 6 nitrogen and oxygen atoms in total. The van der Waals surface area contributed by atoms with Crippen molar-refractivity contribution < 1.29 is 18.0 Å². The summed E-state index contributed by atoms with van der Waals surface area (Å²) in [5, 5.41) is 0. The first-order valence-corrected chi connectivity index (χ1v) is 8.70. The van der Waals surface area contributed by atoms with Crippen molar-refractivity contribution in [2.45, 2.75) is 24.8 Å². The Morgan fingerprint density at radius 3 is 2.17 bits per heavy atom. The molecule has 0 heterocycles. The van der Waals surface area contributed by atoms with Crippen LogP contribution in [-0.4, -0.2) is 24.7 Å². The average Bonchev–Trinajstić information content (AvgIpc) is 2.55. The molecule has 124 valence electrons. The lowest BCUT2D eigenvalue weighted by Gasteiger charge is -2.15. The molecule has 0 fully saturated rings.